The maximum absolute atomic E-state index is 5.87. The molecule has 0 amide bonds. The van der Waals surface area contributed by atoms with E-state index in [1.165, 1.54) is 11.1 Å². The third-order valence-corrected chi connectivity index (χ3v) is 2.61. The SMILES string of the molecule is [B]c1cc(-c2ccc(C)cc2)ccc1OC. The molecule has 2 rings (SSSR count). The van der Waals surface area contributed by atoms with Crippen molar-refractivity contribution in [1.82, 2.24) is 0 Å². The summed E-state index contributed by atoms with van der Waals surface area (Å²) in [5.74, 6) is 0.718. The van der Waals surface area contributed by atoms with Crippen molar-refractivity contribution in [2.45, 2.75) is 6.92 Å². The van der Waals surface area contributed by atoms with Gasteiger partial charge in [-0.3, -0.25) is 0 Å². The molecule has 0 heterocycles. The normalized spacial score (nSPS) is 10.1. The van der Waals surface area contributed by atoms with Crippen LogP contribution in [0.3, 0.4) is 0 Å². The Hall–Kier alpha value is -1.70. The minimum Gasteiger partial charge on any atom is -0.497 e. The van der Waals surface area contributed by atoms with E-state index in [0.717, 1.165) is 11.3 Å². The summed E-state index contributed by atoms with van der Waals surface area (Å²) in [5.41, 5.74) is 4.20. The average molecular weight is 208 g/mol. The molecule has 0 N–H and O–H groups in total. The van der Waals surface area contributed by atoms with Crippen LogP contribution in [0.5, 0.6) is 5.75 Å². The van der Waals surface area contributed by atoms with Gasteiger partial charge < -0.3 is 4.74 Å². The summed E-state index contributed by atoms with van der Waals surface area (Å²) < 4.78 is 5.13. The lowest BCUT2D eigenvalue weighted by Crippen LogP contribution is -2.06. The molecule has 0 spiro atoms. The Labute approximate surface area is 97.5 Å². The van der Waals surface area contributed by atoms with Gasteiger partial charge >= 0.3 is 0 Å². The van der Waals surface area contributed by atoms with Gasteiger partial charge in [-0.15, -0.1) is 0 Å². The van der Waals surface area contributed by atoms with Gasteiger partial charge in [-0.25, -0.2) is 0 Å². The topological polar surface area (TPSA) is 9.23 Å². The summed E-state index contributed by atoms with van der Waals surface area (Å²) in [6, 6.07) is 14.2. The first kappa shape index (κ1) is 10.8. The second-order valence-electron chi connectivity index (χ2n) is 3.82. The lowest BCUT2D eigenvalue weighted by atomic mass is 9.91. The fourth-order valence-electron chi connectivity index (χ4n) is 1.66. The zero-order valence-corrected chi connectivity index (χ0v) is 9.53. The molecule has 0 aromatic heterocycles. The van der Waals surface area contributed by atoms with Gasteiger partial charge in [0.1, 0.15) is 13.6 Å². The first-order chi connectivity index (χ1) is 7.70. The molecule has 2 heteroatoms. The summed E-state index contributed by atoms with van der Waals surface area (Å²) >= 11 is 0. The summed E-state index contributed by atoms with van der Waals surface area (Å²) in [5, 5.41) is 0. The van der Waals surface area contributed by atoms with Gasteiger partial charge in [0.2, 0.25) is 0 Å². The zero-order valence-electron chi connectivity index (χ0n) is 9.53. The molecule has 2 aromatic carbocycles. The van der Waals surface area contributed by atoms with Crippen LogP contribution in [0.2, 0.25) is 0 Å². The number of benzene rings is 2. The largest absolute Gasteiger partial charge is 0.497 e. The van der Waals surface area contributed by atoms with E-state index in [1.54, 1.807) is 7.11 Å². The highest BCUT2D eigenvalue weighted by Crippen LogP contribution is 2.20. The van der Waals surface area contributed by atoms with Crippen LogP contribution in [0.1, 0.15) is 5.56 Å². The number of ether oxygens (including phenoxy) is 1. The van der Waals surface area contributed by atoms with Crippen LogP contribution in [0.4, 0.5) is 0 Å². The molecule has 0 unspecified atom stereocenters. The Morgan fingerprint density at radius 2 is 1.56 bits per heavy atom. The predicted molar refractivity (Wildman–Crippen MR) is 68.6 cm³/mol. The number of aryl methyl sites for hydroxylation is 1. The van der Waals surface area contributed by atoms with Crippen LogP contribution in [0.25, 0.3) is 11.1 Å². The van der Waals surface area contributed by atoms with Gasteiger partial charge in [0.15, 0.2) is 0 Å². The molecule has 0 aliphatic heterocycles. The molecule has 2 aromatic rings. The molecule has 78 valence electrons. The van der Waals surface area contributed by atoms with Gasteiger partial charge in [-0.2, -0.15) is 0 Å². The van der Waals surface area contributed by atoms with E-state index in [2.05, 4.69) is 31.2 Å². The van der Waals surface area contributed by atoms with Crippen molar-refractivity contribution in [2.75, 3.05) is 7.11 Å². The van der Waals surface area contributed by atoms with E-state index < -0.39 is 0 Å². The Morgan fingerprint density at radius 3 is 2.12 bits per heavy atom. The maximum Gasteiger partial charge on any atom is 0.119 e. The molecule has 0 atom stereocenters. The van der Waals surface area contributed by atoms with Crippen LogP contribution in [0.15, 0.2) is 42.5 Å². The smallest absolute Gasteiger partial charge is 0.119 e. The minimum absolute atomic E-state index is 0.667. The zero-order chi connectivity index (χ0) is 11.5. The molecule has 16 heavy (non-hydrogen) atoms. The van der Waals surface area contributed by atoms with E-state index in [1.807, 2.05) is 18.2 Å². The first-order valence-corrected chi connectivity index (χ1v) is 5.21. The Kier molecular flexibility index (Phi) is 3.00. The number of rotatable bonds is 2. The highest BCUT2D eigenvalue weighted by molar-refractivity contribution is 6.34. The standard InChI is InChI=1S/C14H13BO/c1-10-3-5-11(6-4-10)12-7-8-14(16-2)13(15)9-12/h3-9H,1-2H3. The van der Waals surface area contributed by atoms with Crippen molar-refractivity contribution in [2.24, 2.45) is 0 Å². The van der Waals surface area contributed by atoms with E-state index in [0.29, 0.717) is 5.46 Å². The van der Waals surface area contributed by atoms with Gasteiger partial charge in [-0.1, -0.05) is 47.4 Å². The fourth-order valence-corrected chi connectivity index (χ4v) is 1.66. The molecule has 0 saturated heterocycles. The Balaban J connectivity index is 2.41. The highest BCUT2D eigenvalue weighted by atomic mass is 16.5. The lowest BCUT2D eigenvalue weighted by Gasteiger charge is -2.08. The quantitative estimate of drug-likeness (QED) is 0.689. The van der Waals surface area contributed by atoms with Crippen LogP contribution < -0.4 is 10.2 Å². The summed E-state index contributed by atoms with van der Waals surface area (Å²) in [7, 11) is 7.50. The van der Waals surface area contributed by atoms with Crippen molar-refractivity contribution in [3.63, 3.8) is 0 Å². The maximum atomic E-state index is 5.87. The van der Waals surface area contributed by atoms with Crippen LogP contribution in [-0.2, 0) is 0 Å². The average Bonchev–Trinajstić information content (AvgIpc) is 2.30. The Bertz CT molecular complexity index is 489. The number of hydrogen-bond acceptors (Lipinski definition) is 1. The second-order valence-corrected chi connectivity index (χ2v) is 3.82. The van der Waals surface area contributed by atoms with Crippen molar-refractivity contribution in [3.8, 4) is 16.9 Å². The van der Waals surface area contributed by atoms with Crippen molar-refractivity contribution < 1.29 is 4.74 Å². The molecule has 0 aliphatic rings. The van der Waals surface area contributed by atoms with Gasteiger partial charge in [-0.05, 0) is 24.1 Å². The van der Waals surface area contributed by atoms with Crippen molar-refractivity contribution >= 4 is 13.3 Å². The van der Waals surface area contributed by atoms with Gasteiger partial charge in [0.05, 0.1) is 7.11 Å². The monoisotopic (exact) mass is 208 g/mol. The van der Waals surface area contributed by atoms with Gasteiger partial charge in [0, 0.05) is 0 Å². The third-order valence-electron chi connectivity index (χ3n) is 2.61. The third kappa shape index (κ3) is 2.11. The Morgan fingerprint density at radius 1 is 0.938 bits per heavy atom. The number of hydrogen-bond donors (Lipinski definition) is 0. The molecule has 0 saturated carbocycles. The molecule has 0 aliphatic carbocycles. The summed E-state index contributed by atoms with van der Waals surface area (Å²) in [6.45, 7) is 2.08. The van der Waals surface area contributed by atoms with E-state index >= 15 is 0 Å². The highest BCUT2D eigenvalue weighted by Gasteiger charge is 2.01. The molecule has 0 bridgehead atoms. The van der Waals surface area contributed by atoms with Crippen LogP contribution >= 0.6 is 0 Å². The molecular weight excluding hydrogens is 195 g/mol. The van der Waals surface area contributed by atoms with E-state index in [4.69, 9.17) is 12.6 Å². The second kappa shape index (κ2) is 4.44. The van der Waals surface area contributed by atoms with Crippen molar-refractivity contribution in [1.29, 1.82) is 0 Å². The molecule has 2 radical (unpaired) electrons. The number of methoxy groups -OCH3 is 1. The summed E-state index contributed by atoms with van der Waals surface area (Å²) in [4.78, 5) is 0. The minimum atomic E-state index is 0.667. The van der Waals surface area contributed by atoms with Crippen LogP contribution in [0, 0.1) is 6.92 Å². The van der Waals surface area contributed by atoms with Crippen molar-refractivity contribution in [3.05, 3.63) is 48.0 Å². The summed E-state index contributed by atoms with van der Waals surface area (Å²) in [6.07, 6.45) is 0. The van der Waals surface area contributed by atoms with Crippen LogP contribution in [-0.4, -0.2) is 15.0 Å². The molecule has 1 nitrogen and oxygen atoms in total. The molecule has 0 fully saturated rings. The predicted octanol–water partition coefficient (Wildman–Crippen LogP) is 2.46. The molecular formula is C14H13BO. The van der Waals surface area contributed by atoms with E-state index in [9.17, 15) is 0 Å². The lowest BCUT2D eigenvalue weighted by molar-refractivity contribution is 0.418. The van der Waals surface area contributed by atoms with Gasteiger partial charge in [0.25, 0.3) is 0 Å². The van der Waals surface area contributed by atoms with E-state index in [-0.39, 0.29) is 0 Å². The first-order valence-electron chi connectivity index (χ1n) is 5.21. The fraction of sp³-hybridized carbons (Fsp3) is 0.143.